The number of halogens is 7. The zero-order valence-electron chi connectivity index (χ0n) is 10.5. The molecule has 0 atom stereocenters. The number of alkyl halides is 6. The van der Waals surface area contributed by atoms with Crippen LogP contribution < -0.4 is 0 Å². The zero-order chi connectivity index (χ0) is 14.9. The maximum Gasteiger partial charge on any atom is 0.388 e. The lowest BCUT2D eigenvalue weighted by Crippen LogP contribution is -2.49. The summed E-state index contributed by atoms with van der Waals surface area (Å²) in [6.07, 6.45) is 0.738. The number of aromatic nitrogens is 2. The van der Waals surface area contributed by atoms with Crippen molar-refractivity contribution in [2.45, 2.75) is 25.2 Å². The molecule has 0 bridgehead atoms. The molecular formula is C9H13BrF6N4. The van der Waals surface area contributed by atoms with Crippen molar-refractivity contribution in [3.63, 3.8) is 0 Å². The summed E-state index contributed by atoms with van der Waals surface area (Å²) >= 11 is 0. The van der Waals surface area contributed by atoms with Gasteiger partial charge < -0.3 is 4.98 Å². The second kappa shape index (κ2) is 6.31. The molecule has 0 spiro atoms. The quantitative estimate of drug-likeness (QED) is 0.609. The van der Waals surface area contributed by atoms with Crippen LogP contribution in [0.2, 0.25) is 0 Å². The number of H-pyrrole nitrogens is 1. The van der Waals surface area contributed by atoms with E-state index in [0.717, 1.165) is 6.92 Å². The minimum atomic E-state index is -4.87. The fourth-order valence-corrected chi connectivity index (χ4v) is 1.49. The standard InChI is InChI=1S/C6H8F6N2.C3H4N2.BrH/c1-3-14-5(9,10)4(7,8)13(2)6(14,11)12;1-2-5-3-4-1;/h3H2,1-2H3;1-3H,(H,4,5);1H. The highest BCUT2D eigenvalue weighted by Gasteiger charge is 2.79. The molecule has 1 aliphatic rings. The molecule has 0 aromatic carbocycles. The van der Waals surface area contributed by atoms with Crippen molar-refractivity contribution in [1.82, 2.24) is 19.8 Å². The Morgan fingerprint density at radius 3 is 1.80 bits per heavy atom. The van der Waals surface area contributed by atoms with E-state index in [-0.39, 0.29) is 24.0 Å². The molecule has 0 aliphatic carbocycles. The van der Waals surface area contributed by atoms with Gasteiger partial charge in [0.15, 0.2) is 0 Å². The highest BCUT2D eigenvalue weighted by molar-refractivity contribution is 8.93. The first kappa shape index (κ1) is 19.2. The topological polar surface area (TPSA) is 35.2 Å². The van der Waals surface area contributed by atoms with E-state index < -0.39 is 34.6 Å². The first-order chi connectivity index (χ1) is 8.60. The number of aromatic amines is 1. The Bertz CT molecular complexity index is 382. The van der Waals surface area contributed by atoms with Crippen LogP contribution in [0.5, 0.6) is 0 Å². The van der Waals surface area contributed by atoms with Crippen LogP contribution >= 0.6 is 17.0 Å². The zero-order valence-corrected chi connectivity index (χ0v) is 12.2. The maximum absolute atomic E-state index is 12.9. The third-order valence-electron chi connectivity index (χ3n) is 2.57. The van der Waals surface area contributed by atoms with Crippen molar-refractivity contribution in [1.29, 1.82) is 0 Å². The molecule has 2 rings (SSSR count). The third-order valence-corrected chi connectivity index (χ3v) is 2.57. The van der Waals surface area contributed by atoms with Crippen molar-refractivity contribution in [2.75, 3.05) is 13.6 Å². The van der Waals surface area contributed by atoms with Gasteiger partial charge in [-0.2, -0.15) is 36.1 Å². The van der Waals surface area contributed by atoms with Crippen molar-refractivity contribution >= 4 is 17.0 Å². The van der Waals surface area contributed by atoms with Crippen molar-refractivity contribution in [2.24, 2.45) is 0 Å². The number of imidazole rings is 1. The Morgan fingerprint density at radius 2 is 1.65 bits per heavy atom. The second-order valence-corrected chi connectivity index (χ2v) is 3.66. The van der Waals surface area contributed by atoms with Crippen LogP contribution in [0.4, 0.5) is 26.3 Å². The highest BCUT2D eigenvalue weighted by atomic mass is 79.9. The van der Waals surface area contributed by atoms with Gasteiger partial charge in [-0.1, -0.05) is 6.92 Å². The lowest BCUT2D eigenvalue weighted by atomic mass is 10.4. The normalized spacial score (nSPS) is 23.6. The minimum Gasteiger partial charge on any atom is -0.351 e. The summed E-state index contributed by atoms with van der Waals surface area (Å²) in [4.78, 5) is 4.66. The Morgan fingerprint density at radius 1 is 1.10 bits per heavy atom. The van der Waals surface area contributed by atoms with Crippen LogP contribution in [0.1, 0.15) is 6.92 Å². The van der Waals surface area contributed by atoms with E-state index in [4.69, 9.17) is 0 Å². The molecule has 2 heterocycles. The summed E-state index contributed by atoms with van der Waals surface area (Å²) in [5.74, 6) is 0. The molecule has 20 heavy (non-hydrogen) atoms. The highest BCUT2D eigenvalue weighted by Crippen LogP contribution is 2.52. The Labute approximate surface area is 121 Å². The molecule has 118 valence electrons. The van der Waals surface area contributed by atoms with Crippen molar-refractivity contribution in [3.05, 3.63) is 18.7 Å². The van der Waals surface area contributed by atoms with Gasteiger partial charge >= 0.3 is 18.3 Å². The molecule has 1 aromatic rings. The van der Waals surface area contributed by atoms with Gasteiger partial charge in [-0.3, -0.25) is 0 Å². The van der Waals surface area contributed by atoms with Crippen LogP contribution in [-0.4, -0.2) is 51.6 Å². The minimum absolute atomic E-state index is 0. The fourth-order valence-electron chi connectivity index (χ4n) is 1.49. The number of hydrogen-bond acceptors (Lipinski definition) is 3. The summed E-state index contributed by atoms with van der Waals surface area (Å²) < 4.78 is 76.8. The van der Waals surface area contributed by atoms with E-state index in [2.05, 4.69) is 9.97 Å². The maximum atomic E-state index is 12.9. The molecule has 0 amide bonds. The lowest BCUT2D eigenvalue weighted by Gasteiger charge is -2.25. The van der Waals surface area contributed by atoms with Crippen LogP contribution in [0.3, 0.4) is 0 Å². The van der Waals surface area contributed by atoms with E-state index in [1.165, 1.54) is 0 Å². The van der Waals surface area contributed by atoms with Gasteiger partial charge in [0.25, 0.3) is 0 Å². The Hall–Kier alpha value is -0.810. The second-order valence-electron chi connectivity index (χ2n) is 3.66. The van der Waals surface area contributed by atoms with Crippen LogP contribution in [0, 0.1) is 0 Å². The summed E-state index contributed by atoms with van der Waals surface area (Å²) in [6, 6.07) is -9.73. The molecule has 1 fully saturated rings. The van der Waals surface area contributed by atoms with Gasteiger partial charge in [0.1, 0.15) is 0 Å². The van der Waals surface area contributed by atoms with E-state index in [1.54, 1.807) is 18.7 Å². The summed E-state index contributed by atoms with van der Waals surface area (Å²) in [5.41, 5.74) is 0. The van der Waals surface area contributed by atoms with E-state index in [1.807, 2.05) is 0 Å². The molecule has 1 aliphatic heterocycles. The molecule has 1 N–H and O–H groups in total. The molecule has 4 nitrogen and oxygen atoms in total. The monoisotopic (exact) mass is 370 g/mol. The van der Waals surface area contributed by atoms with Crippen LogP contribution in [0.25, 0.3) is 0 Å². The van der Waals surface area contributed by atoms with Gasteiger partial charge in [-0.05, 0) is 7.05 Å². The van der Waals surface area contributed by atoms with E-state index in [0.29, 0.717) is 0 Å². The van der Waals surface area contributed by atoms with Gasteiger partial charge in [-0.15, -0.1) is 17.0 Å². The van der Waals surface area contributed by atoms with Crippen LogP contribution in [-0.2, 0) is 0 Å². The van der Waals surface area contributed by atoms with Gasteiger partial charge in [-0.25, -0.2) is 4.98 Å². The first-order valence-corrected chi connectivity index (χ1v) is 5.18. The number of rotatable bonds is 1. The van der Waals surface area contributed by atoms with E-state index >= 15 is 0 Å². The smallest absolute Gasteiger partial charge is 0.351 e. The Balaban J connectivity index is 0.000000507. The van der Waals surface area contributed by atoms with E-state index in [9.17, 15) is 26.3 Å². The molecule has 0 saturated carbocycles. The molecule has 1 saturated heterocycles. The lowest BCUT2D eigenvalue weighted by molar-refractivity contribution is -0.278. The fraction of sp³-hybridized carbons (Fsp3) is 0.667. The summed E-state index contributed by atoms with van der Waals surface area (Å²) in [5, 5.41) is 0. The van der Waals surface area contributed by atoms with Gasteiger partial charge in [0.2, 0.25) is 0 Å². The number of nitrogens with one attached hydrogen (secondary N) is 1. The van der Waals surface area contributed by atoms with Gasteiger partial charge in [0.05, 0.1) is 6.33 Å². The number of likely N-dealkylation sites (N-methyl/N-ethyl adjacent to an activating group) is 2. The summed E-state index contributed by atoms with van der Waals surface area (Å²) in [7, 11) is 0.254. The largest absolute Gasteiger partial charge is 0.388 e. The number of hydrogen-bond donors (Lipinski definition) is 1. The predicted octanol–water partition coefficient (Wildman–Crippen LogP) is 2.98. The Kier molecular flexibility index (Phi) is 6.05. The average molecular weight is 371 g/mol. The third kappa shape index (κ3) is 2.93. The molecule has 0 unspecified atom stereocenters. The molecule has 1 aromatic heterocycles. The molecule has 0 radical (unpaired) electrons. The van der Waals surface area contributed by atoms with Crippen molar-refractivity contribution in [3.8, 4) is 0 Å². The average Bonchev–Trinajstić information content (AvgIpc) is 2.88. The molecule has 11 heteroatoms. The molecular weight excluding hydrogens is 358 g/mol. The number of nitrogens with zero attached hydrogens (tertiary/aromatic N) is 3. The van der Waals surface area contributed by atoms with Gasteiger partial charge in [0, 0.05) is 18.9 Å². The van der Waals surface area contributed by atoms with Crippen molar-refractivity contribution < 1.29 is 26.3 Å². The van der Waals surface area contributed by atoms with Crippen LogP contribution in [0.15, 0.2) is 18.7 Å². The SMILES string of the molecule is Br.CCN1C(F)(F)N(C)C(F)(F)C1(F)F.c1c[nH]cn1. The first-order valence-electron chi connectivity index (χ1n) is 5.18. The summed E-state index contributed by atoms with van der Waals surface area (Å²) in [6.45, 7) is 0.0803. The predicted molar refractivity (Wildman–Crippen MR) is 63.9 cm³/mol.